The first kappa shape index (κ1) is 25.3. The molecule has 0 unspecified atom stereocenters. The Morgan fingerprint density at radius 1 is 1.18 bits per heavy atom. The number of hydrogen-bond acceptors (Lipinski definition) is 7. The molecule has 1 fully saturated rings. The van der Waals surface area contributed by atoms with E-state index in [1.165, 1.54) is 6.92 Å². The summed E-state index contributed by atoms with van der Waals surface area (Å²) in [5.74, 6) is 0.563. The SMILES string of the molecule is CO[C@@H]1CCN(c2cncc(-c3ccc4cnc(CNC(=O)c5ccc6c(c5)[C@](C)(F)COC6)cc4c3)n2)C1. The molecular weight excluding hydrogens is 497 g/mol. The van der Waals surface area contributed by atoms with Crippen molar-refractivity contribution in [2.24, 2.45) is 0 Å². The molecule has 39 heavy (non-hydrogen) atoms. The number of hydrogen-bond donors (Lipinski definition) is 1. The predicted molar refractivity (Wildman–Crippen MR) is 146 cm³/mol. The third-order valence-electron chi connectivity index (χ3n) is 7.49. The number of amides is 1. The van der Waals surface area contributed by atoms with Crippen molar-refractivity contribution in [3.05, 3.63) is 83.4 Å². The lowest BCUT2D eigenvalue weighted by Crippen LogP contribution is -2.30. The van der Waals surface area contributed by atoms with Gasteiger partial charge in [-0.3, -0.25) is 14.8 Å². The second-order valence-electron chi connectivity index (χ2n) is 10.3. The second-order valence-corrected chi connectivity index (χ2v) is 10.3. The summed E-state index contributed by atoms with van der Waals surface area (Å²) in [6.45, 7) is 3.75. The number of carbonyl (C=O) groups excluding carboxylic acids is 1. The Labute approximate surface area is 226 Å². The number of methoxy groups -OCH3 is 1. The van der Waals surface area contributed by atoms with Crippen LogP contribution in [0, 0.1) is 0 Å². The summed E-state index contributed by atoms with van der Waals surface area (Å²) in [6.07, 6.45) is 6.54. The molecular formula is C30H30FN5O3. The zero-order valence-electron chi connectivity index (χ0n) is 22.0. The van der Waals surface area contributed by atoms with Gasteiger partial charge >= 0.3 is 0 Å². The highest BCUT2D eigenvalue weighted by Crippen LogP contribution is 2.34. The number of fused-ring (bicyclic) bond motifs is 2. The quantitative estimate of drug-likeness (QED) is 0.393. The van der Waals surface area contributed by atoms with Crippen LogP contribution in [0.15, 0.2) is 61.1 Å². The lowest BCUT2D eigenvalue weighted by molar-refractivity contribution is -0.00467. The summed E-state index contributed by atoms with van der Waals surface area (Å²) in [4.78, 5) is 28.9. The highest BCUT2D eigenvalue weighted by molar-refractivity contribution is 5.94. The van der Waals surface area contributed by atoms with Gasteiger partial charge in [-0.2, -0.15) is 0 Å². The molecule has 0 bridgehead atoms. The molecule has 2 aromatic heterocycles. The average Bonchev–Trinajstić information content (AvgIpc) is 3.45. The third-order valence-corrected chi connectivity index (χ3v) is 7.49. The molecule has 9 heteroatoms. The number of nitrogens with one attached hydrogen (secondary N) is 1. The first-order valence-corrected chi connectivity index (χ1v) is 13.1. The minimum absolute atomic E-state index is 0.0174. The van der Waals surface area contributed by atoms with Gasteiger partial charge in [0.25, 0.3) is 5.91 Å². The summed E-state index contributed by atoms with van der Waals surface area (Å²) < 4.78 is 25.7. The molecule has 200 valence electrons. The Balaban J connectivity index is 1.18. The maximum atomic E-state index is 14.9. The minimum atomic E-state index is -1.62. The number of rotatable bonds is 6. The zero-order chi connectivity index (χ0) is 27.0. The summed E-state index contributed by atoms with van der Waals surface area (Å²) in [6, 6.07) is 13.1. The van der Waals surface area contributed by atoms with Crippen molar-refractivity contribution in [1.82, 2.24) is 20.3 Å². The molecule has 8 nitrogen and oxygen atoms in total. The number of anilines is 1. The van der Waals surface area contributed by atoms with Gasteiger partial charge in [-0.15, -0.1) is 0 Å². The minimum Gasteiger partial charge on any atom is -0.380 e. The van der Waals surface area contributed by atoms with Gasteiger partial charge < -0.3 is 19.7 Å². The molecule has 1 saturated heterocycles. The number of nitrogens with zero attached hydrogens (tertiary/aromatic N) is 4. The van der Waals surface area contributed by atoms with Crippen molar-refractivity contribution < 1.29 is 18.7 Å². The van der Waals surface area contributed by atoms with E-state index in [0.717, 1.165) is 58.6 Å². The number of aromatic nitrogens is 3. The summed E-state index contributed by atoms with van der Waals surface area (Å²) >= 11 is 0. The number of carbonyl (C=O) groups is 1. The molecule has 0 saturated carbocycles. The fourth-order valence-electron chi connectivity index (χ4n) is 5.25. The van der Waals surface area contributed by atoms with Crippen LogP contribution in [0.3, 0.4) is 0 Å². The summed E-state index contributed by atoms with van der Waals surface area (Å²) in [7, 11) is 1.74. The van der Waals surface area contributed by atoms with Gasteiger partial charge in [0.2, 0.25) is 0 Å². The van der Waals surface area contributed by atoms with Crippen molar-refractivity contribution in [3.8, 4) is 11.3 Å². The van der Waals surface area contributed by atoms with Crippen LogP contribution < -0.4 is 10.2 Å². The standard InChI is InChI=1S/C30H30FN5O3/c1-30(31)18-39-17-22-6-4-20(11-26(22)30)29(37)34-13-24-10-23-9-19(3-5-21(23)12-33-24)27-14-32-15-28(35-27)36-8-7-25(16-36)38-2/h3-6,9-12,14-15,25H,7-8,13,16-18H2,1-2H3,(H,34,37)/t25-,30-/m1/s1. The maximum Gasteiger partial charge on any atom is 0.251 e. The molecule has 0 spiro atoms. The molecule has 2 aliphatic heterocycles. The van der Waals surface area contributed by atoms with Crippen LogP contribution in [0.4, 0.5) is 10.2 Å². The van der Waals surface area contributed by atoms with Crippen LogP contribution in [0.25, 0.3) is 22.0 Å². The van der Waals surface area contributed by atoms with Crippen molar-refractivity contribution >= 4 is 22.5 Å². The molecule has 0 aliphatic carbocycles. The third kappa shape index (κ3) is 5.20. The smallest absolute Gasteiger partial charge is 0.251 e. The van der Waals surface area contributed by atoms with E-state index < -0.39 is 5.67 Å². The topological polar surface area (TPSA) is 89.5 Å². The molecule has 6 rings (SSSR count). The number of halogens is 1. The Kier molecular flexibility index (Phi) is 6.70. The van der Waals surface area contributed by atoms with Crippen molar-refractivity contribution in [2.45, 2.75) is 38.3 Å². The van der Waals surface area contributed by atoms with Gasteiger partial charge in [0.1, 0.15) is 5.82 Å². The lowest BCUT2D eigenvalue weighted by atomic mass is 9.90. The van der Waals surface area contributed by atoms with Gasteiger partial charge in [0.05, 0.1) is 49.6 Å². The van der Waals surface area contributed by atoms with Crippen LogP contribution >= 0.6 is 0 Å². The predicted octanol–water partition coefficient (Wildman–Crippen LogP) is 4.56. The van der Waals surface area contributed by atoms with Gasteiger partial charge in [-0.1, -0.05) is 18.2 Å². The van der Waals surface area contributed by atoms with Crippen molar-refractivity contribution in [2.75, 3.05) is 31.7 Å². The molecule has 2 atom stereocenters. The van der Waals surface area contributed by atoms with Crippen molar-refractivity contribution in [3.63, 3.8) is 0 Å². The summed E-state index contributed by atoms with van der Waals surface area (Å²) in [5, 5.41) is 4.89. The van der Waals surface area contributed by atoms with E-state index >= 15 is 0 Å². The average molecular weight is 528 g/mol. The Hall–Kier alpha value is -3.95. The Bertz CT molecular complexity index is 1540. The van der Waals surface area contributed by atoms with Crippen molar-refractivity contribution in [1.29, 1.82) is 0 Å². The van der Waals surface area contributed by atoms with E-state index in [0.29, 0.717) is 17.7 Å². The molecule has 4 aromatic rings. The van der Waals surface area contributed by atoms with E-state index in [-0.39, 0.29) is 25.2 Å². The van der Waals surface area contributed by atoms with Crippen LogP contribution in [-0.2, 0) is 28.3 Å². The number of alkyl halides is 1. The normalized spacial score (nSPS) is 20.7. The van der Waals surface area contributed by atoms with Crippen LogP contribution in [-0.4, -0.2) is 53.8 Å². The van der Waals surface area contributed by atoms with Crippen LogP contribution in [0.1, 0.15) is 40.5 Å². The largest absolute Gasteiger partial charge is 0.380 e. The maximum absolute atomic E-state index is 14.9. The van der Waals surface area contributed by atoms with Crippen LogP contribution in [0.2, 0.25) is 0 Å². The fraction of sp³-hybridized carbons (Fsp3) is 0.333. The summed E-state index contributed by atoms with van der Waals surface area (Å²) in [5.41, 5.74) is 2.53. The number of pyridine rings is 1. The van der Waals surface area contributed by atoms with Gasteiger partial charge in [0, 0.05) is 42.9 Å². The molecule has 2 aliphatic rings. The fourth-order valence-corrected chi connectivity index (χ4v) is 5.25. The Morgan fingerprint density at radius 2 is 2.08 bits per heavy atom. The van der Waals surface area contributed by atoms with Gasteiger partial charge in [-0.25, -0.2) is 9.37 Å². The highest BCUT2D eigenvalue weighted by Gasteiger charge is 2.33. The molecule has 1 amide bonds. The highest BCUT2D eigenvalue weighted by atomic mass is 19.1. The molecule has 2 aromatic carbocycles. The molecule has 1 N–H and O–H groups in total. The van der Waals surface area contributed by atoms with E-state index in [9.17, 15) is 9.18 Å². The first-order valence-electron chi connectivity index (χ1n) is 13.1. The van der Waals surface area contributed by atoms with E-state index in [1.807, 2.05) is 18.2 Å². The monoisotopic (exact) mass is 527 g/mol. The van der Waals surface area contributed by atoms with Gasteiger partial charge in [0.15, 0.2) is 5.67 Å². The van der Waals surface area contributed by atoms with E-state index in [4.69, 9.17) is 14.5 Å². The second kappa shape index (κ2) is 10.3. The van der Waals surface area contributed by atoms with E-state index in [2.05, 4.69) is 26.3 Å². The zero-order valence-corrected chi connectivity index (χ0v) is 22.0. The molecule has 0 radical (unpaired) electrons. The first-order chi connectivity index (χ1) is 18.9. The molecule has 4 heterocycles. The van der Waals surface area contributed by atoms with Crippen LogP contribution in [0.5, 0.6) is 0 Å². The number of benzene rings is 2. The van der Waals surface area contributed by atoms with Gasteiger partial charge in [-0.05, 0) is 54.1 Å². The lowest BCUT2D eigenvalue weighted by Gasteiger charge is -2.29. The van der Waals surface area contributed by atoms with E-state index in [1.54, 1.807) is 43.9 Å². The number of ether oxygens (including phenoxy) is 2. The Morgan fingerprint density at radius 3 is 2.92 bits per heavy atom.